The van der Waals surface area contributed by atoms with Gasteiger partial charge in [0.25, 0.3) is 5.91 Å². The number of nitriles is 1. The second-order valence-electron chi connectivity index (χ2n) is 11.4. The molecule has 2 N–H and O–H groups in total. The zero-order valence-electron chi connectivity index (χ0n) is 22.1. The third-order valence-electron chi connectivity index (χ3n) is 8.27. The van der Waals surface area contributed by atoms with E-state index in [1.54, 1.807) is 18.5 Å². The van der Waals surface area contributed by atoms with Crippen LogP contribution in [0.25, 0.3) is 0 Å². The van der Waals surface area contributed by atoms with E-state index < -0.39 is 0 Å². The van der Waals surface area contributed by atoms with Crippen molar-refractivity contribution in [3.05, 3.63) is 46.8 Å². The maximum absolute atomic E-state index is 13.1. The summed E-state index contributed by atoms with van der Waals surface area (Å²) >= 11 is 0. The Bertz CT molecular complexity index is 1140. The van der Waals surface area contributed by atoms with E-state index >= 15 is 0 Å². The molecule has 2 aromatic rings. The Kier molecular flexibility index (Phi) is 6.98. The van der Waals surface area contributed by atoms with Crippen molar-refractivity contribution in [3.8, 4) is 11.8 Å². The molecule has 8 nitrogen and oxygen atoms in total. The van der Waals surface area contributed by atoms with E-state index in [1.165, 1.54) is 0 Å². The average molecular weight is 492 g/mol. The van der Waals surface area contributed by atoms with Gasteiger partial charge in [-0.15, -0.1) is 0 Å². The summed E-state index contributed by atoms with van der Waals surface area (Å²) in [6, 6.07) is 5.78. The lowest BCUT2D eigenvalue weighted by atomic mass is 9.49. The predicted octanol–water partition coefficient (Wildman–Crippen LogP) is 3.79. The highest BCUT2D eigenvalue weighted by Crippen LogP contribution is 2.55. The van der Waals surface area contributed by atoms with Crippen LogP contribution in [0.2, 0.25) is 0 Å². The summed E-state index contributed by atoms with van der Waals surface area (Å²) in [4.78, 5) is 24.1. The molecule has 0 radical (unpaired) electrons. The fraction of sp³-hybridized carbons (Fsp3) is 0.571. The van der Waals surface area contributed by atoms with Gasteiger partial charge in [0.15, 0.2) is 0 Å². The summed E-state index contributed by atoms with van der Waals surface area (Å²) in [5, 5.41) is 21.8. The zero-order valence-corrected chi connectivity index (χ0v) is 22.1. The lowest BCUT2D eigenvalue weighted by Gasteiger charge is -2.63. The molecule has 2 fully saturated rings. The monoisotopic (exact) mass is 491 g/mol. The van der Waals surface area contributed by atoms with Crippen LogP contribution >= 0.6 is 0 Å². The highest BCUT2D eigenvalue weighted by Gasteiger charge is 2.64. The van der Waals surface area contributed by atoms with Crippen molar-refractivity contribution < 1.29 is 14.6 Å². The van der Waals surface area contributed by atoms with Gasteiger partial charge in [0.1, 0.15) is 11.9 Å². The molecule has 1 amide bonds. The molecule has 1 aromatic carbocycles. The fourth-order valence-corrected chi connectivity index (χ4v) is 6.10. The number of aliphatic hydroxyl groups is 1. The third-order valence-corrected chi connectivity index (χ3v) is 8.27. The van der Waals surface area contributed by atoms with Crippen LogP contribution in [0, 0.1) is 41.9 Å². The molecular formula is C28H37N5O3. The SMILES string of the molecule is Cc1c(C#N)ccc(OC2C(C)(C)C(NC(=O)c3cnc(N4CCC(CO)CC4)nc3)C2(C)C)c1C. The minimum Gasteiger partial charge on any atom is -0.489 e. The summed E-state index contributed by atoms with van der Waals surface area (Å²) < 4.78 is 6.50. The first-order chi connectivity index (χ1) is 17.0. The minimum absolute atomic E-state index is 0.112. The highest BCUT2D eigenvalue weighted by molar-refractivity contribution is 5.94. The first-order valence-corrected chi connectivity index (χ1v) is 12.7. The maximum atomic E-state index is 13.1. The standard InChI is InChI=1S/C28H37N5O3/c1-17-18(2)22(8-7-20(17)13-29)36-25-27(3,4)24(28(25,5)6)32-23(35)21-14-30-26(31-15-21)33-11-9-19(16-34)10-12-33/h7-8,14-15,19,24-25,34H,9-12,16H2,1-6H3,(H,32,35). The lowest BCUT2D eigenvalue weighted by molar-refractivity contribution is -0.164. The van der Waals surface area contributed by atoms with Gasteiger partial charge >= 0.3 is 0 Å². The normalized spacial score (nSPS) is 22.9. The molecule has 1 aliphatic carbocycles. The van der Waals surface area contributed by atoms with Crippen molar-refractivity contribution in [2.45, 2.75) is 66.5 Å². The van der Waals surface area contributed by atoms with E-state index in [0.717, 1.165) is 42.8 Å². The Balaban J connectivity index is 1.42. The number of piperidine rings is 1. The van der Waals surface area contributed by atoms with Crippen LogP contribution in [0.15, 0.2) is 24.5 Å². The van der Waals surface area contributed by atoms with E-state index in [4.69, 9.17) is 4.74 Å². The average Bonchev–Trinajstić information content (AvgIpc) is 2.87. The van der Waals surface area contributed by atoms with Gasteiger partial charge in [-0.1, -0.05) is 27.7 Å². The lowest BCUT2D eigenvalue weighted by Crippen LogP contribution is -2.74. The molecule has 0 atom stereocenters. The number of aromatic nitrogens is 2. The number of aliphatic hydroxyl groups excluding tert-OH is 1. The van der Waals surface area contributed by atoms with Crippen LogP contribution in [0.5, 0.6) is 5.75 Å². The van der Waals surface area contributed by atoms with Crippen molar-refractivity contribution in [3.63, 3.8) is 0 Å². The Labute approximate surface area is 213 Å². The Hall–Kier alpha value is -3.18. The molecular weight excluding hydrogens is 454 g/mol. The molecule has 0 bridgehead atoms. The fourth-order valence-electron chi connectivity index (χ4n) is 6.10. The number of carbonyl (C=O) groups excluding carboxylic acids is 1. The van der Waals surface area contributed by atoms with Crippen molar-refractivity contribution in [2.75, 3.05) is 24.6 Å². The van der Waals surface area contributed by atoms with Gasteiger partial charge in [-0.3, -0.25) is 4.79 Å². The number of hydrogen-bond donors (Lipinski definition) is 2. The molecule has 8 heteroatoms. The molecule has 1 saturated heterocycles. The summed E-state index contributed by atoms with van der Waals surface area (Å²) in [7, 11) is 0. The molecule has 192 valence electrons. The van der Waals surface area contributed by atoms with E-state index in [-0.39, 0.29) is 35.5 Å². The van der Waals surface area contributed by atoms with Gasteiger partial charge in [0.05, 0.1) is 17.2 Å². The molecule has 2 heterocycles. The highest BCUT2D eigenvalue weighted by atomic mass is 16.5. The van der Waals surface area contributed by atoms with Gasteiger partial charge < -0.3 is 20.1 Å². The summed E-state index contributed by atoms with van der Waals surface area (Å²) in [6.45, 7) is 14.2. The number of benzene rings is 1. The van der Waals surface area contributed by atoms with Crippen molar-refractivity contribution in [1.82, 2.24) is 15.3 Å². The number of amides is 1. The maximum Gasteiger partial charge on any atom is 0.254 e. The van der Waals surface area contributed by atoms with Gasteiger partial charge in [0.2, 0.25) is 5.95 Å². The number of hydrogen-bond acceptors (Lipinski definition) is 7. The number of carbonyl (C=O) groups is 1. The predicted molar refractivity (Wildman–Crippen MR) is 138 cm³/mol. The summed E-state index contributed by atoms with van der Waals surface area (Å²) in [6.07, 6.45) is 4.88. The molecule has 36 heavy (non-hydrogen) atoms. The molecule has 1 aromatic heterocycles. The zero-order chi connectivity index (χ0) is 26.3. The van der Waals surface area contributed by atoms with E-state index in [0.29, 0.717) is 23.0 Å². The summed E-state index contributed by atoms with van der Waals surface area (Å²) in [5.74, 6) is 1.54. The van der Waals surface area contributed by atoms with Crippen LogP contribution in [-0.4, -0.2) is 52.8 Å². The van der Waals surface area contributed by atoms with Crippen LogP contribution in [-0.2, 0) is 0 Å². The number of nitrogens with zero attached hydrogens (tertiary/aromatic N) is 4. The third kappa shape index (κ3) is 4.53. The van der Waals surface area contributed by atoms with Gasteiger partial charge in [-0.05, 0) is 55.9 Å². The largest absolute Gasteiger partial charge is 0.489 e. The van der Waals surface area contributed by atoms with E-state index in [1.807, 2.05) is 19.9 Å². The number of rotatable bonds is 6. The van der Waals surface area contributed by atoms with Crippen molar-refractivity contribution in [1.29, 1.82) is 5.26 Å². The first-order valence-electron chi connectivity index (χ1n) is 12.7. The number of ether oxygens (including phenoxy) is 1. The van der Waals surface area contributed by atoms with Gasteiger partial charge in [-0.25, -0.2) is 9.97 Å². The second kappa shape index (κ2) is 9.70. The summed E-state index contributed by atoms with van der Waals surface area (Å²) in [5.41, 5.74) is 2.34. The Morgan fingerprint density at radius 1 is 1.14 bits per heavy atom. The van der Waals surface area contributed by atoms with Crippen LogP contribution in [0.1, 0.15) is 67.6 Å². The van der Waals surface area contributed by atoms with E-state index in [2.05, 4.69) is 53.9 Å². The minimum atomic E-state index is -0.314. The topological polar surface area (TPSA) is 111 Å². The van der Waals surface area contributed by atoms with Crippen molar-refractivity contribution in [2.24, 2.45) is 16.7 Å². The van der Waals surface area contributed by atoms with Gasteiger partial charge in [0, 0.05) is 49.0 Å². The van der Waals surface area contributed by atoms with E-state index in [9.17, 15) is 15.2 Å². The quantitative estimate of drug-likeness (QED) is 0.632. The molecule has 0 unspecified atom stereocenters. The second-order valence-corrected chi connectivity index (χ2v) is 11.4. The van der Waals surface area contributed by atoms with Gasteiger partial charge in [-0.2, -0.15) is 5.26 Å². The molecule has 4 rings (SSSR count). The smallest absolute Gasteiger partial charge is 0.254 e. The first kappa shape index (κ1) is 25.9. The van der Waals surface area contributed by atoms with Crippen LogP contribution < -0.4 is 15.0 Å². The van der Waals surface area contributed by atoms with Crippen LogP contribution in [0.4, 0.5) is 5.95 Å². The molecule has 0 spiro atoms. The molecule has 1 aliphatic heterocycles. The Morgan fingerprint density at radius 3 is 2.31 bits per heavy atom. The van der Waals surface area contributed by atoms with Crippen LogP contribution in [0.3, 0.4) is 0 Å². The number of anilines is 1. The molecule has 1 saturated carbocycles. The number of nitrogens with one attached hydrogen (secondary N) is 1. The Morgan fingerprint density at radius 2 is 1.75 bits per heavy atom. The molecule has 2 aliphatic rings. The van der Waals surface area contributed by atoms with Crippen molar-refractivity contribution >= 4 is 11.9 Å².